The molecule has 0 spiro atoms. The van der Waals surface area contributed by atoms with Gasteiger partial charge in [0.25, 0.3) is 0 Å². The van der Waals surface area contributed by atoms with Crippen LogP contribution in [0.3, 0.4) is 0 Å². The lowest BCUT2D eigenvalue weighted by molar-refractivity contribution is 0.252. The minimum Gasteiger partial charge on any atom is -0.368 e. The monoisotopic (exact) mass is 332 g/mol. The number of nitrogens with zero attached hydrogens (tertiary/aromatic N) is 3. The molecule has 8 heteroatoms. The van der Waals surface area contributed by atoms with Gasteiger partial charge in [-0.3, -0.25) is 0 Å². The van der Waals surface area contributed by atoms with E-state index in [9.17, 15) is 9.18 Å². The number of anilines is 3. The molecule has 0 unspecified atom stereocenters. The number of aromatic nitrogens is 2. The summed E-state index contributed by atoms with van der Waals surface area (Å²) in [6, 6.07) is 7.37. The highest BCUT2D eigenvalue weighted by atomic mass is 19.1. The van der Waals surface area contributed by atoms with Crippen molar-refractivity contribution in [3.05, 3.63) is 42.0 Å². The Bertz CT molecular complexity index is 707. The van der Waals surface area contributed by atoms with Crippen LogP contribution in [0.5, 0.6) is 0 Å². The van der Waals surface area contributed by atoms with Crippen LogP contribution >= 0.6 is 0 Å². The number of nitrogens with one attached hydrogen (secondary N) is 3. The van der Waals surface area contributed by atoms with Crippen molar-refractivity contribution in [3.63, 3.8) is 0 Å². The molecule has 2 rings (SSSR count). The molecule has 0 radical (unpaired) electrons. The van der Waals surface area contributed by atoms with Gasteiger partial charge in [-0.2, -0.15) is 0 Å². The zero-order valence-electron chi connectivity index (χ0n) is 13.9. The number of halogens is 1. The Morgan fingerprint density at radius 3 is 2.67 bits per heavy atom. The predicted molar refractivity (Wildman–Crippen MR) is 93.0 cm³/mol. The van der Waals surface area contributed by atoms with Crippen molar-refractivity contribution in [2.45, 2.75) is 6.92 Å². The summed E-state index contributed by atoms with van der Waals surface area (Å²) in [4.78, 5) is 22.2. The molecular formula is C16H21FN6O. The number of carbonyl (C=O) groups excluding carboxylic acids is 1. The van der Waals surface area contributed by atoms with E-state index in [4.69, 9.17) is 0 Å². The fourth-order valence-corrected chi connectivity index (χ4v) is 1.97. The summed E-state index contributed by atoms with van der Waals surface area (Å²) < 4.78 is 13.4. The van der Waals surface area contributed by atoms with Crippen molar-refractivity contribution >= 4 is 23.4 Å². The van der Waals surface area contributed by atoms with E-state index in [1.807, 2.05) is 32.0 Å². The summed E-state index contributed by atoms with van der Waals surface area (Å²) in [6.07, 6.45) is 0. The molecule has 0 aliphatic carbocycles. The van der Waals surface area contributed by atoms with E-state index in [0.29, 0.717) is 24.7 Å². The molecule has 7 nitrogen and oxygen atoms in total. The molecule has 2 amide bonds. The molecule has 0 atom stereocenters. The van der Waals surface area contributed by atoms with Crippen molar-refractivity contribution in [1.82, 2.24) is 15.3 Å². The maximum absolute atomic E-state index is 13.4. The van der Waals surface area contributed by atoms with Gasteiger partial charge >= 0.3 is 6.03 Å². The van der Waals surface area contributed by atoms with Crippen molar-refractivity contribution in [1.29, 1.82) is 0 Å². The summed E-state index contributed by atoms with van der Waals surface area (Å²) in [7, 11) is 3.81. The minimum atomic E-state index is -0.474. The van der Waals surface area contributed by atoms with Gasteiger partial charge in [-0.1, -0.05) is 12.1 Å². The van der Waals surface area contributed by atoms with E-state index in [-0.39, 0.29) is 5.69 Å². The second-order valence-corrected chi connectivity index (χ2v) is 5.34. The lowest BCUT2D eigenvalue weighted by atomic mass is 10.3. The molecule has 1 aromatic carbocycles. The van der Waals surface area contributed by atoms with E-state index in [1.54, 1.807) is 12.1 Å². The third kappa shape index (κ3) is 5.08. The van der Waals surface area contributed by atoms with Crippen molar-refractivity contribution < 1.29 is 9.18 Å². The van der Waals surface area contributed by atoms with Crippen LogP contribution in [0.15, 0.2) is 30.3 Å². The first-order chi connectivity index (χ1) is 11.5. The van der Waals surface area contributed by atoms with Gasteiger partial charge in [-0.15, -0.1) is 0 Å². The van der Waals surface area contributed by atoms with Crippen LogP contribution in [0.4, 0.5) is 26.5 Å². The highest BCUT2D eigenvalue weighted by Crippen LogP contribution is 2.13. The van der Waals surface area contributed by atoms with Crippen LogP contribution in [-0.4, -0.2) is 43.2 Å². The van der Waals surface area contributed by atoms with Gasteiger partial charge in [0.1, 0.15) is 23.3 Å². The number of para-hydroxylation sites is 1. The van der Waals surface area contributed by atoms with E-state index in [0.717, 1.165) is 5.82 Å². The van der Waals surface area contributed by atoms with Gasteiger partial charge in [0.2, 0.25) is 0 Å². The summed E-state index contributed by atoms with van der Waals surface area (Å²) in [6.45, 7) is 2.66. The highest BCUT2D eigenvalue weighted by molar-refractivity contribution is 5.89. The fourth-order valence-electron chi connectivity index (χ4n) is 1.97. The third-order valence-corrected chi connectivity index (χ3v) is 3.12. The molecule has 128 valence electrons. The van der Waals surface area contributed by atoms with Gasteiger partial charge in [-0.25, -0.2) is 19.2 Å². The number of hydrogen-bond acceptors (Lipinski definition) is 5. The Morgan fingerprint density at radius 2 is 1.96 bits per heavy atom. The Labute approximate surface area is 140 Å². The quantitative estimate of drug-likeness (QED) is 0.707. The fraction of sp³-hybridized carbons (Fsp3) is 0.312. The van der Waals surface area contributed by atoms with E-state index in [1.165, 1.54) is 12.1 Å². The summed E-state index contributed by atoms with van der Waals surface area (Å²) in [5.41, 5.74) is 0.144. The number of benzene rings is 1. The zero-order valence-corrected chi connectivity index (χ0v) is 13.9. The van der Waals surface area contributed by atoms with Gasteiger partial charge in [0, 0.05) is 33.3 Å². The average Bonchev–Trinajstić information content (AvgIpc) is 2.53. The first-order valence-electron chi connectivity index (χ1n) is 7.52. The molecule has 3 N–H and O–H groups in total. The van der Waals surface area contributed by atoms with Crippen LogP contribution in [0, 0.1) is 12.7 Å². The molecule has 0 aliphatic heterocycles. The summed E-state index contributed by atoms with van der Waals surface area (Å²) in [5.74, 6) is 1.67. The van der Waals surface area contributed by atoms with Crippen molar-refractivity contribution in [2.75, 3.05) is 42.7 Å². The van der Waals surface area contributed by atoms with Gasteiger partial charge in [0.15, 0.2) is 0 Å². The number of hydrogen-bond donors (Lipinski definition) is 3. The Kier molecular flexibility index (Phi) is 5.89. The van der Waals surface area contributed by atoms with Crippen LogP contribution in [-0.2, 0) is 0 Å². The lowest BCUT2D eigenvalue weighted by Gasteiger charge is -2.14. The molecule has 24 heavy (non-hydrogen) atoms. The van der Waals surface area contributed by atoms with Crippen molar-refractivity contribution in [3.8, 4) is 0 Å². The lowest BCUT2D eigenvalue weighted by Crippen LogP contribution is -2.33. The van der Waals surface area contributed by atoms with Gasteiger partial charge < -0.3 is 20.9 Å². The highest BCUT2D eigenvalue weighted by Gasteiger charge is 2.06. The molecule has 0 saturated carbocycles. The number of carbonyl (C=O) groups is 1. The Morgan fingerprint density at radius 1 is 1.21 bits per heavy atom. The largest absolute Gasteiger partial charge is 0.368 e. The maximum atomic E-state index is 13.4. The molecule has 2 aromatic rings. The average molecular weight is 332 g/mol. The third-order valence-electron chi connectivity index (χ3n) is 3.12. The second kappa shape index (κ2) is 8.09. The normalized spacial score (nSPS) is 10.2. The second-order valence-electron chi connectivity index (χ2n) is 5.34. The zero-order chi connectivity index (χ0) is 17.5. The molecule has 1 aromatic heterocycles. The van der Waals surface area contributed by atoms with Gasteiger partial charge in [-0.05, 0) is 19.1 Å². The topological polar surface area (TPSA) is 82.2 Å². The Hall–Kier alpha value is -2.90. The van der Waals surface area contributed by atoms with E-state index < -0.39 is 11.8 Å². The Balaban J connectivity index is 1.79. The summed E-state index contributed by atoms with van der Waals surface area (Å²) >= 11 is 0. The number of aryl methyl sites for hydroxylation is 1. The number of urea groups is 1. The maximum Gasteiger partial charge on any atom is 0.319 e. The SMILES string of the molecule is Cc1nc(NCCNC(=O)Nc2ccccc2F)cc(N(C)C)n1. The van der Waals surface area contributed by atoms with Crippen LogP contribution in [0.25, 0.3) is 0 Å². The van der Waals surface area contributed by atoms with E-state index >= 15 is 0 Å². The molecule has 0 aliphatic rings. The standard InChI is InChI=1S/C16H21FN6O/c1-11-20-14(10-15(21-11)23(2)3)18-8-9-19-16(24)22-13-7-5-4-6-12(13)17/h4-7,10H,8-9H2,1-3H3,(H,18,20,21)(H2,19,22,24). The van der Waals surface area contributed by atoms with Crippen LogP contribution < -0.4 is 20.9 Å². The smallest absolute Gasteiger partial charge is 0.319 e. The molecule has 0 saturated heterocycles. The number of rotatable bonds is 6. The molecule has 0 bridgehead atoms. The number of amides is 2. The van der Waals surface area contributed by atoms with Crippen molar-refractivity contribution in [2.24, 2.45) is 0 Å². The van der Waals surface area contributed by atoms with E-state index in [2.05, 4.69) is 25.9 Å². The van der Waals surface area contributed by atoms with Gasteiger partial charge in [0.05, 0.1) is 5.69 Å². The summed E-state index contributed by atoms with van der Waals surface area (Å²) in [5, 5.41) is 8.22. The van der Waals surface area contributed by atoms with Crippen LogP contribution in [0.2, 0.25) is 0 Å². The molecule has 0 fully saturated rings. The van der Waals surface area contributed by atoms with Crippen LogP contribution in [0.1, 0.15) is 5.82 Å². The minimum absolute atomic E-state index is 0.144. The first-order valence-corrected chi connectivity index (χ1v) is 7.52. The molecular weight excluding hydrogens is 311 g/mol. The first kappa shape index (κ1) is 17.5. The predicted octanol–water partition coefficient (Wildman–Crippen LogP) is 2.22. The molecule has 1 heterocycles.